The van der Waals surface area contributed by atoms with Crippen LogP contribution in [0.15, 0.2) is 24.3 Å². The lowest BCUT2D eigenvalue weighted by molar-refractivity contribution is 0.578. The summed E-state index contributed by atoms with van der Waals surface area (Å²) in [4.78, 5) is 0. The molecule has 0 bridgehead atoms. The van der Waals surface area contributed by atoms with Crippen LogP contribution >= 0.6 is 0 Å². The Balaban J connectivity index is 2.56. The van der Waals surface area contributed by atoms with Crippen molar-refractivity contribution in [3.8, 4) is 11.3 Å². The topological polar surface area (TPSA) is 56.7 Å². The number of rotatable bonds is 4. The fraction of sp³-hybridized carbons (Fsp3) is 0.333. The van der Waals surface area contributed by atoms with E-state index in [9.17, 15) is 4.39 Å². The first-order valence-corrected chi connectivity index (χ1v) is 5.65. The van der Waals surface area contributed by atoms with Crippen molar-refractivity contribution in [2.75, 3.05) is 0 Å². The summed E-state index contributed by atoms with van der Waals surface area (Å²) in [6.07, 6.45) is 0.912. The van der Waals surface area contributed by atoms with Gasteiger partial charge in [-0.05, 0) is 18.6 Å². The SMILES string of the molecule is CCCn1nnc(CN)c1-c1ccccc1F. The van der Waals surface area contributed by atoms with Crippen molar-refractivity contribution in [3.63, 3.8) is 0 Å². The molecule has 0 aliphatic heterocycles. The summed E-state index contributed by atoms with van der Waals surface area (Å²) >= 11 is 0. The van der Waals surface area contributed by atoms with Crippen LogP contribution in [0.2, 0.25) is 0 Å². The molecular formula is C12H15FN4. The van der Waals surface area contributed by atoms with Crippen LogP contribution < -0.4 is 5.73 Å². The van der Waals surface area contributed by atoms with E-state index in [0.717, 1.165) is 6.42 Å². The van der Waals surface area contributed by atoms with Crippen LogP contribution in [-0.2, 0) is 13.1 Å². The van der Waals surface area contributed by atoms with E-state index in [4.69, 9.17) is 5.73 Å². The third kappa shape index (κ3) is 2.19. The van der Waals surface area contributed by atoms with Gasteiger partial charge in [0, 0.05) is 18.7 Å². The minimum atomic E-state index is -0.276. The van der Waals surface area contributed by atoms with Gasteiger partial charge in [-0.15, -0.1) is 5.10 Å². The summed E-state index contributed by atoms with van der Waals surface area (Å²) in [5.41, 5.74) is 7.43. The van der Waals surface area contributed by atoms with Gasteiger partial charge >= 0.3 is 0 Å². The fourth-order valence-corrected chi connectivity index (χ4v) is 1.80. The second kappa shape index (κ2) is 5.05. The van der Waals surface area contributed by atoms with E-state index in [0.29, 0.717) is 23.5 Å². The quantitative estimate of drug-likeness (QED) is 0.879. The maximum atomic E-state index is 13.8. The molecule has 0 saturated carbocycles. The Labute approximate surface area is 99.2 Å². The molecule has 4 nitrogen and oxygen atoms in total. The average molecular weight is 234 g/mol. The molecule has 0 spiro atoms. The summed E-state index contributed by atoms with van der Waals surface area (Å²) in [5.74, 6) is -0.276. The molecule has 1 heterocycles. The summed E-state index contributed by atoms with van der Waals surface area (Å²) in [5, 5.41) is 8.01. The van der Waals surface area contributed by atoms with E-state index in [-0.39, 0.29) is 12.4 Å². The molecule has 17 heavy (non-hydrogen) atoms. The number of nitrogens with zero attached hydrogens (tertiary/aromatic N) is 3. The lowest BCUT2D eigenvalue weighted by atomic mass is 10.1. The molecule has 2 rings (SSSR count). The van der Waals surface area contributed by atoms with Crippen LogP contribution in [0.5, 0.6) is 0 Å². The standard InChI is InChI=1S/C12H15FN4/c1-2-7-17-12(11(8-14)15-16-17)9-5-3-4-6-10(9)13/h3-6H,2,7-8,14H2,1H3. The van der Waals surface area contributed by atoms with Crippen molar-refractivity contribution >= 4 is 0 Å². The maximum Gasteiger partial charge on any atom is 0.132 e. The van der Waals surface area contributed by atoms with Gasteiger partial charge in [-0.25, -0.2) is 9.07 Å². The molecular weight excluding hydrogens is 219 g/mol. The first-order valence-electron chi connectivity index (χ1n) is 5.65. The molecule has 1 aromatic carbocycles. The van der Waals surface area contributed by atoms with Crippen LogP contribution in [0.25, 0.3) is 11.3 Å². The molecule has 0 unspecified atom stereocenters. The van der Waals surface area contributed by atoms with Crippen LogP contribution in [-0.4, -0.2) is 15.0 Å². The van der Waals surface area contributed by atoms with Crippen molar-refractivity contribution < 1.29 is 4.39 Å². The lowest BCUT2D eigenvalue weighted by Crippen LogP contribution is -2.05. The van der Waals surface area contributed by atoms with Crippen molar-refractivity contribution in [2.24, 2.45) is 5.73 Å². The van der Waals surface area contributed by atoms with E-state index >= 15 is 0 Å². The summed E-state index contributed by atoms with van der Waals surface area (Å²) in [6.45, 7) is 3.00. The van der Waals surface area contributed by atoms with Crippen molar-refractivity contribution in [2.45, 2.75) is 26.4 Å². The smallest absolute Gasteiger partial charge is 0.132 e. The second-order valence-electron chi connectivity index (χ2n) is 3.79. The molecule has 1 aromatic heterocycles. The van der Waals surface area contributed by atoms with E-state index in [1.54, 1.807) is 22.9 Å². The molecule has 0 atom stereocenters. The van der Waals surface area contributed by atoms with Gasteiger partial charge in [0.2, 0.25) is 0 Å². The van der Waals surface area contributed by atoms with E-state index in [2.05, 4.69) is 10.3 Å². The molecule has 0 radical (unpaired) electrons. The van der Waals surface area contributed by atoms with E-state index in [1.807, 2.05) is 6.92 Å². The van der Waals surface area contributed by atoms with Gasteiger partial charge in [0.1, 0.15) is 11.5 Å². The lowest BCUT2D eigenvalue weighted by Gasteiger charge is -2.07. The summed E-state index contributed by atoms with van der Waals surface area (Å²) < 4.78 is 15.5. The number of aryl methyl sites for hydroxylation is 1. The van der Waals surface area contributed by atoms with Gasteiger partial charge in [0.15, 0.2) is 0 Å². The normalized spacial score (nSPS) is 10.8. The number of nitrogens with two attached hydrogens (primary N) is 1. The average Bonchev–Trinajstić information content (AvgIpc) is 2.73. The number of hydrogen-bond donors (Lipinski definition) is 1. The zero-order valence-corrected chi connectivity index (χ0v) is 9.73. The highest BCUT2D eigenvalue weighted by Gasteiger charge is 2.16. The minimum absolute atomic E-state index is 0.257. The molecule has 5 heteroatoms. The highest BCUT2D eigenvalue weighted by atomic mass is 19.1. The third-order valence-corrected chi connectivity index (χ3v) is 2.56. The summed E-state index contributed by atoms with van der Waals surface area (Å²) in [6, 6.07) is 6.61. The predicted octanol–water partition coefficient (Wildman–Crippen LogP) is 1.95. The monoisotopic (exact) mass is 234 g/mol. The van der Waals surface area contributed by atoms with Gasteiger partial charge in [0.05, 0.1) is 5.69 Å². The third-order valence-electron chi connectivity index (χ3n) is 2.56. The van der Waals surface area contributed by atoms with Gasteiger partial charge in [-0.2, -0.15) is 0 Å². The van der Waals surface area contributed by atoms with Gasteiger partial charge < -0.3 is 5.73 Å². The fourth-order valence-electron chi connectivity index (χ4n) is 1.80. The Kier molecular flexibility index (Phi) is 3.49. The molecule has 0 amide bonds. The Morgan fingerprint density at radius 3 is 2.76 bits per heavy atom. The Morgan fingerprint density at radius 2 is 2.12 bits per heavy atom. The van der Waals surface area contributed by atoms with Gasteiger partial charge in [-0.1, -0.05) is 24.3 Å². The number of aromatic nitrogens is 3. The Hall–Kier alpha value is -1.75. The second-order valence-corrected chi connectivity index (χ2v) is 3.79. The molecule has 0 saturated heterocycles. The zero-order chi connectivity index (χ0) is 12.3. The Bertz CT molecular complexity index is 507. The molecule has 2 aromatic rings. The number of hydrogen-bond acceptors (Lipinski definition) is 3. The number of benzene rings is 1. The first-order chi connectivity index (χ1) is 8.27. The molecule has 0 fully saturated rings. The zero-order valence-electron chi connectivity index (χ0n) is 9.73. The molecule has 2 N–H and O–H groups in total. The minimum Gasteiger partial charge on any atom is -0.325 e. The van der Waals surface area contributed by atoms with Gasteiger partial charge in [-0.3, -0.25) is 0 Å². The highest BCUT2D eigenvalue weighted by molar-refractivity contribution is 5.62. The molecule has 90 valence electrons. The largest absolute Gasteiger partial charge is 0.325 e. The maximum absolute atomic E-state index is 13.8. The van der Waals surface area contributed by atoms with E-state index < -0.39 is 0 Å². The Morgan fingerprint density at radius 1 is 1.35 bits per heavy atom. The van der Waals surface area contributed by atoms with Crippen LogP contribution in [0.4, 0.5) is 4.39 Å². The van der Waals surface area contributed by atoms with Crippen molar-refractivity contribution in [1.29, 1.82) is 0 Å². The van der Waals surface area contributed by atoms with Crippen molar-refractivity contribution in [3.05, 3.63) is 35.8 Å². The van der Waals surface area contributed by atoms with Gasteiger partial charge in [0.25, 0.3) is 0 Å². The van der Waals surface area contributed by atoms with Crippen molar-refractivity contribution in [1.82, 2.24) is 15.0 Å². The first kappa shape index (κ1) is 11.7. The van der Waals surface area contributed by atoms with Crippen LogP contribution in [0.3, 0.4) is 0 Å². The predicted molar refractivity (Wildman–Crippen MR) is 63.6 cm³/mol. The highest BCUT2D eigenvalue weighted by Crippen LogP contribution is 2.24. The summed E-state index contributed by atoms with van der Waals surface area (Å²) in [7, 11) is 0. The molecule has 0 aliphatic carbocycles. The van der Waals surface area contributed by atoms with E-state index in [1.165, 1.54) is 6.07 Å². The molecule has 0 aliphatic rings. The van der Waals surface area contributed by atoms with Crippen LogP contribution in [0, 0.1) is 5.82 Å². The van der Waals surface area contributed by atoms with Crippen LogP contribution in [0.1, 0.15) is 19.0 Å². The number of halogens is 1.